The maximum absolute atomic E-state index is 5.54. The van der Waals surface area contributed by atoms with E-state index in [0.717, 1.165) is 32.8 Å². The second kappa shape index (κ2) is 7.28. The molecule has 0 unspecified atom stereocenters. The summed E-state index contributed by atoms with van der Waals surface area (Å²) in [5.41, 5.74) is 2.53. The summed E-state index contributed by atoms with van der Waals surface area (Å²) < 4.78 is 5.54. The molecule has 0 atom stereocenters. The summed E-state index contributed by atoms with van der Waals surface area (Å²) in [7, 11) is 4.11. The van der Waals surface area contributed by atoms with Crippen LogP contribution in [-0.2, 0) is 11.3 Å². The number of para-hydroxylation sites is 1. The van der Waals surface area contributed by atoms with E-state index >= 15 is 0 Å². The number of hydrogen-bond donors (Lipinski definition) is 2. The molecule has 1 aromatic heterocycles. The molecule has 19 heavy (non-hydrogen) atoms. The van der Waals surface area contributed by atoms with Crippen LogP contribution in [0, 0.1) is 0 Å². The quantitative estimate of drug-likeness (QED) is 0.712. The van der Waals surface area contributed by atoms with Crippen molar-refractivity contribution in [2.75, 3.05) is 40.4 Å². The lowest BCUT2D eigenvalue weighted by molar-refractivity contribution is 0.119. The molecule has 2 N–H and O–H groups in total. The van der Waals surface area contributed by atoms with Crippen LogP contribution in [0.25, 0.3) is 10.9 Å². The molecule has 4 heteroatoms. The number of fused-ring (bicyclic) bond motifs is 1. The first kappa shape index (κ1) is 14.1. The molecule has 0 saturated heterocycles. The van der Waals surface area contributed by atoms with E-state index in [1.165, 1.54) is 16.5 Å². The van der Waals surface area contributed by atoms with Crippen molar-refractivity contribution in [1.29, 1.82) is 0 Å². The maximum Gasteiger partial charge on any atom is 0.0593 e. The SMILES string of the molecule is CN(C)CCOCCNCc1cccc2cc[nH]c12. The van der Waals surface area contributed by atoms with E-state index < -0.39 is 0 Å². The molecule has 104 valence electrons. The van der Waals surface area contributed by atoms with Gasteiger partial charge in [0.2, 0.25) is 0 Å². The van der Waals surface area contributed by atoms with Gasteiger partial charge in [0.15, 0.2) is 0 Å². The number of aromatic amines is 1. The minimum Gasteiger partial charge on any atom is -0.379 e. The molecule has 0 amide bonds. The van der Waals surface area contributed by atoms with E-state index in [9.17, 15) is 0 Å². The molecule has 0 fully saturated rings. The van der Waals surface area contributed by atoms with Gasteiger partial charge in [0.1, 0.15) is 0 Å². The van der Waals surface area contributed by atoms with Crippen LogP contribution in [0.3, 0.4) is 0 Å². The molecular formula is C15H23N3O. The molecule has 2 rings (SSSR count). The van der Waals surface area contributed by atoms with Gasteiger partial charge in [0.25, 0.3) is 0 Å². The summed E-state index contributed by atoms with van der Waals surface area (Å²) in [4.78, 5) is 5.41. The third-order valence-corrected chi connectivity index (χ3v) is 3.10. The van der Waals surface area contributed by atoms with Crippen molar-refractivity contribution >= 4 is 10.9 Å². The number of hydrogen-bond acceptors (Lipinski definition) is 3. The van der Waals surface area contributed by atoms with Gasteiger partial charge >= 0.3 is 0 Å². The molecule has 1 heterocycles. The van der Waals surface area contributed by atoms with Gasteiger partial charge in [-0.15, -0.1) is 0 Å². The van der Waals surface area contributed by atoms with Crippen molar-refractivity contribution in [3.8, 4) is 0 Å². The van der Waals surface area contributed by atoms with Crippen LogP contribution >= 0.6 is 0 Å². The number of likely N-dealkylation sites (N-methyl/N-ethyl adjacent to an activating group) is 1. The van der Waals surface area contributed by atoms with E-state index in [2.05, 4.69) is 53.6 Å². The van der Waals surface area contributed by atoms with Crippen molar-refractivity contribution in [1.82, 2.24) is 15.2 Å². The lowest BCUT2D eigenvalue weighted by Crippen LogP contribution is -2.23. The molecular weight excluding hydrogens is 238 g/mol. The Bertz CT molecular complexity index is 493. The average molecular weight is 261 g/mol. The third kappa shape index (κ3) is 4.35. The fourth-order valence-electron chi connectivity index (χ4n) is 2.01. The zero-order valence-electron chi connectivity index (χ0n) is 11.8. The lowest BCUT2D eigenvalue weighted by Gasteiger charge is -2.10. The number of benzene rings is 1. The normalized spacial score (nSPS) is 11.5. The van der Waals surface area contributed by atoms with Gasteiger partial charge in [-0.25, -0.2) is 0 Å². The molecule has 0 radical (unpaired) electrons. The number of H-pyrrole nitrogens is 1. The van der Waals surface area contributed by atoms with Gasteiger partial charge < -0.3 is 19.9 Å². The Kier molecular flexibility index (Phi) is 5.39. The molecule has 2 aromatic rings. The Morgan fingerprint density at radius 3 is 2.95 bits per heavy atom. The summed E-state index contributed by atoms with van der Waals surface area (Å²) in [6.07, 6.45) is 1.98. The zero-order chi connectivity index (χ0) is 13.5. The Morgan fingerprint density at radius 1 is 1.21 bits per heavy atom. The molecule has 0 spiro atoms. The van der Waals surface area contributed by atoms with Crippen LogP contribution in [-0.4, -0.2) is 50.3 Å². The van der Waals surface area contributed by atoms with E-state index in [-0.39, 0.29) is 0 Å². The van der Waals surface area contributed by atoms with E-state index in [4.69, 9.17) is 4.74 Å². The van der Waals surface area contributed by atoms with Gasteiger partial charge in [-0.2, -0.15) is 0 Å². The highest BCUT2D eigenvalue weighted by atomic mass is 16.5. The number of rotatable bonds is 8. The predicted molar refractivity (Wildman–Crippen MR) is 79.4 cm³/mol. The van der Waals surface area contributed by atoms with Crippen LogP contribution in [0.15, 0.2) is 30.5 Å². The first-order valence-corrected chi connectivity index (χ1v) is 6.75. The van der Waals surface area contributed by atoms with Gasteiger partial charge in [-0.3, -0.25) is 0 Å². The largest absolute Gasteiger partial charge is 0.379 e. The lowest BCUT2D eigenvalue weighted by atomic mass is 10.1. The molecule has 0 bridgehead atoms. The summed E-state index contributed by atoms with van der Waals surface area (Å²) in [6, 6.07) is 8.47. The fourth-order valence-corrected chi connectivity index (χ4v) is 2.01. The minimum atomic E-state index is 0.758. The summed E-state index contributed by atoms with van der Waals surface area (Å²) >= 11 is 0. The first-order valence-electron chi connectivity index (χ1n) is 6.75. The second-order valence-electron chi connectivity index (χ2n) is 4.95. The van der Waals surface area contributed by atoms with E-state index in [1.54, 1.807) is 0 Å². The number of ether oxygens (including phenoxy) is 1. The van der Waals surface area contributed by atoms with Crippen molar-refractivity contribution in [3.63, 3.8) is 0 Å². The van der Waals surface area contributed by atoms with Gasteiger partial charge in [0.05, 0.1) is 13.2 Å². The molecule has 4 nitrogen and oxygen atoms in total. The number of nitrogens with zero attached hydrogens (tertiary/aromatic N) is 1. The smallest absolute Gasteiger partial charge is 0.0593 e. The number of aromatic nitrogens is 1. The summed E-state index contributed by atoms with van der Waals surface area (Å²) in [5, 5.41) is 4.68. The predicted octanol–water partition coefficient (Wildman–Crippen LogP) is 1.84. The Balaban J connectivity index is 1.67. The van der Waals surface area contributed by atoms with Crippen LogP contribution in [0.4, 0.5) is 0 Å². The minimum absolute atomic E-state index is 0.758. The Hall–Kier alpha value is -1.36. The fraction of sp³-hybridized carbons (Fsp3) is 0.467. The van der Waals surface area contributed by atoms with Crippen molar-refractivity contribution in [3.05, 3.63) is 36.0 Å². The van der Waals surface area contributed by atoms with Crippen LogP contribution in [0.1, 0.15) is 5.56 Å². The number of nitrogens with one attached hydrogen (secondary N) is 2. The summed E-state index contributed by atoms with van der Waals surface area (Å²) in [5.74, 6) is 0. The average Bonchev–Trinajstić information content (AvgIpc) is 2.86. The van der Waals surface area contributed by atoms with E-state index in [1.807, 2.05) is 6.20 Å². The van der Waals surface area contributed by atoms with Crippen LogP contribution < -0.4 is 5.32 Å². The van der Waals surface area contributed by atoms with Crippen molar-refractivity contribution in [2.45, 2.75) is 6.54 Å². The molecule has 0 aliphatic rings. The van der Waals surface area contributed by atoms with Gasteiger partial charge in [-0.1, -0.05) is 18.2 Å². The highest BCUT2D eigenvalue weighted by Crippen LogP contribution is 2.16. The standard InChI is InChI=1S/C15H23N3O/c1-18(2)9-11-19-10-8-16-12-14-5-3-4-13-6-7-17-15(13)14/h3-7,16-17H,8-12H2,1-2H3. The van der Waals surface area contributed by atoms with Crippen molar-refractivity contribution in [2.24, 2.45) is 0 Å². The van der Waals surface area contributed by atoms with Crippen molar-refractivity contribution < 1.29 is 4.74 Å². The van der Waals surface area contributed by atoms with Crippen LogP contribution in [0.5, 0.6) is 0 Å². The van der Waals surface area contributed by atoms with Gasteiger partial charge in [0, 0.05) is 31.3 Å². The second-order valence-corrected chi connectivity index (χ2v) is 4.95. The molecule has 0 aliphatic heterocycles. The first-order chi connectivity index (χ1) is 9.27. The third-order valence-electron chi connectivity index (χ3n) is 3.10. The van der Waals surface area contributed by atoms with Crippen LogP contribution in [0.2, 0.25) is 0 Å². The van der Waals surface area contributed by atoms with E-state index in [0.29, 0.717) is 0 Å². The monoisotopic (exact) mass is 261 g/mol. The molecule has 0 saturated carbocycles. The molecule has 0 aliphatic carbocycles. The highest BCUT2D eigenvalue weighted by Gasteiger charge is 2.00. The van der Waals surface area contributed by atoms with Gasteiger partial charge in [-0.05, 0) is 31.1 Å². The summed E-state index contributed by atoms with van der Waals surface area (Å²) in [6.45, 7) is 4.27. The zero-order valence-corrected chi connectivity index (χ0v) is 11.8. The Labute approximate surface area is 114 Å². The topological polar surface area (TPSA) is 40.3 Å². The Morgan fingerprint density at radius 2 is 2.11 bits per heavy atom. The molecule has 1 aromatic carbocycles. The maximum atomic E-state index is 5.54. The highest BCUT2D eigenvalue weighted by molar-refractivity contribution is 5.82.